The highest BCUT2D eigenvalue weighted by molar-refractivity contribution is 6.36. The minimum Gasteiger partial charge on any atom is -0.328 e. The van der Waals surface area contributed by atoms with Crippen molar-refractivity contribution in [2.45, 2.75) is 25.9 Å². The molecule has 1 saturated heterocycles. The average Bonchev–Trinajstić information content (AvgIpc) is 2.71. The third kappa shape index (κ3) is 4.92. The molecule has 1 N–H and O–H groups in total. The first-order valence-electron chi connectivity index (χ1n) is 9.29. The van der Waals surface area contributed by atoms with Gasteiger partial charge in [0.2, 0.25) is 5.91 Å². The molecular formula is C21H21ClFN3O3. The molecule has 2 aromatic carbocycles. The second-order valence-corrected chi connectivity index (χ2v) is 7.21. The lowest BCUT2D eigenvalue weighted by molar-refractivity contribution is -0.159. The number of nitrogens with zero attached hydrogens (tertiary/aromatic N) is 2. The summed E-state index contributed by atoms with van der Waals surface area (Å²) in [5.74, 6) is -2.10. The molecule has 29 heavy (non-hydrogen) atoms. The van der Waals surface area contributed by atoms with Crippen molar-refractivity contribution < 1.29 is 18.8 Å². The molecule has 0 saturated carbocycles. The Bertz CT molecular complexity index is 902. The summed E-state index contributed by atoms with van der Waals surface area (Å²) < 4.78 is 13.0. The van der Waals surface area contributed by atoms with Crippen molar-refractivity contribution in [1.82, 2.24) is 9.80 Å². The fraction of sp³-hybridized carbons (Fsp3) is 0.286. The molecule has 0 aliphatic carbocycles. The van der Waals surface area contributed by atoms with Crippen LogP contribution in [0, 0.1) is 5.82 Å². The number of hydrogen-bond donors (Lipinski definition) is 1. The normalized spacial score (nSPS) is 15.4. The topological polar surface area (TPSA) is 69.7 Å². The van der Waals surface area contributed by atoms with Gasteiger partial charge in [0.1, 0.15) is 11.9 Å². The highest BCUT2D eigenvalue weighted by Gasteiger charge is 2.38. The summed E-state index contributed by atoms with van der Waals surface area (Å²) in [6, 6.07) is 11.7. The Balaban J connectivity index is 1.66. The van der Waals surface area contributed by atoms with Gasteiger partial charge in [0.05, 0.1) is 0 Å². The lowest BCUT2D eigenvalue weighted by Gasteiger charge is -2.37. The van der Waals surface area contributed by atoms with Crippen LogP contribution in [0.25, 0.3) is 0 Å². The van der Waals surface area contributed by atoms with Gasteiger partial charge in [0.15, 0.2) is 0 Å². The number of carbonyl (C=O) groups excluding carboxylic acids is 3. The maximum Gasteiger partial charge on any atom is 0.312 e. The van der Waals surface area contributed by atoms with Crippen LogP contribution in [-0.4, -0.2) is 46.7 Å². The molecule has 1 atom stereocenters. The van der Waals surface area contributed by atoms with Crippen molar-refractivity contribution in [1.29, 1.82) is 0 Å². The number of amides is 3. The van der Waals surface area contributed by atoms with Gasteiger partial charge >= 0.3 is 11.8 Å². The van der Waals surface area contributed by atoms with Crippen molar-refractivity contribution in [2.75, 3.05) is 18.4 Å². The van der Waals surface area contributed by atoms with Gasteiger partial charge in [-0.15, -0.1) is 0 Å². The third-order valence-corrected chi connectivity index (χ3v) is 5.06. The Morgan fingerprint density at radius 3 is 2.34 bits per heavy atom. The van der Waals surface area contributed by atoms with E-state index in [0.29, 0.717) is 23.7 Å². The maximum atomic E-state index is 13.0. The van der Waals surface area contributed by atoms with E-state index in [9.17, 15) is 18.8 Å². The number of anilines is 1. The first-order chi connectivity index (χ1) is 13.9. The molecule has 1 heterocycles. The first kappa shape index (κ1) is 20.8. The van der Waals surface area contributed by atoms with Crippen LogP contribution in [0.1, 0.15) is 18.9 Å². The highest BCUT2D eigenvalue weighted by atomic mass is 35.5. The van der Waals surface area contributed by atoms with Crippen LogP contribution in [-0.2, 0) is 20.9 Å². The Kier molecular flexibility index (Phi) is 6.49. The molecule has 152 valence electrons. The number of carbonyl (C=O) groups is 3. The summed E-state index contributed by atoms with van der Waals surface area (Å²) in [5.41, 5.74) is 1.29. The monoisotopic (exact) mass is 417 g/mol. The first-order valence-corrected chi connectivity index (χ1v) is 9.67. The second kappa shape index (κ2) is 9.05. The molecule has 2 aromatic rings. The minimum atomic E-state index is -0.755. The molecule has 8 heteroatoms. The number of benzene rings is 2. The van der Waals surface area contributed by atoms with Crippen LogP contribution < -0.4 is 5.32 Å². The van der Waals surface area contributed by atoms with Crippen LogP contribution in [0.2, 0.25) is 5.02 Å². The van der Waals surface area contributed by atoms with Crippen LogP contribution in [0.3, 0.4) is 0 Å². The second-order valence-electron chi connectivity index (χ2n) is 6.77. The maximum absolute atomic E-state index is 13.0. The number of nitrogens with one attached hydrogen (secondary N) is 1. The van der Waals surface area contributed by atoms with Gasteiger partial charge in [0.25, 0.3) is 0 Å². The van der Waals surface area contributed by atoms with Crippen molar-refractivity contribution in [3.63, 3.8) is 0 Å². The van der Waals surface area contributed by atoms with E-state index in [1.165, 1.54) is 21.9 Å². The molecule has 0 bridgehead atoms. The molecule has 3 rings (SSSR count). The fourth-order valence-corrected chi connectivity index (χ4v) is 3.38. The van der Waals surface area contributed by atoms with Crippen LogP contribution in [0.15, 0.2) is 48.5 Å². The zero-order chi connectivity index (χ0) is 21.0. The number of rotatable bonds is 6. The highest BCUT2D eigenvalue weighted by Crippen LogP contribution is 2.18. The van der Waals surface area contributed by atoms with Crippen molar-refractivity contribution in [3.8, 4) is 0 Å². The van der Waals surface area contributed by atoms with E-state index >= 15 is 0 Å². The van der Waals surface area contributed by atoms with E-state index in [1.807, 2.05) is 0 Å². The van der Waals surface area contributed by atoms with E-state index < -0.39 is 17.9 Å². The zero-order valence-electron chi connectivity index (χ0n) is 15.9. The zero-order valence-corrected chi connectivity index (χ0v) is 16.7. The summed E-state index contributed by atoms with van der Waals surface area (Å²) in [7, 11) is 0. The molecule has 6 nitrogen and oxygen atoms in total. The summed E-state index contributed by atoms with van der Waals surface area (Å²) in [6.45, 7) is 2.55. The molecule has 0 unspecified atom stereocenters. The quantitative estimate of drug-likeness (QED) is 0.734. The smallest absolute Gasteiger partial charge is 0.312 e. The summed E-state index contributed by atoms with van der Waals surface area (Å²) in [6.07, 6.45) is 0.371. The lowest BCUT2D eigenvalue weighted by atomic mass is 10.1. The van der Waals surface area contributed by atoms with E-state index in [2.05, 4.69) is 5.32 Å². The fourth-order valence-electron chi connectivity index (χ4n) is 3.25. The van der Waals surface area contributed by atoms with E-state index in [4.69, 9.17) is 11.6 Å². The largest absolute Gasteiger partial charge is 0.328 e. The SMILES string of the molecule is CC[C@@H](C(=O)Nc1ccc(Cl)cc1)N1CCN(Cc2ccc(F)cc2)C(=O)C1=O. The number of piperazine rings is 1. The molecule has 1 aliphatic rings. The van der Waals surface area contributed by atoms with Gasteiger partial charge in [-0.3, -0.25) is 14.4 Å². The number of halogens is 2. The molecule has 3 amide bonds. The Morgan fingerprint density at radius 2 is 1.72 bits per heavy atom. The van der Waals surface area contributed by atoms with Gasteiger partial charge in [0, 0.05) is 30.3 Å². The van der Waals surface area contributed by atoms with Crippen molar-refractivity contribution in [2.24, 2.45) is 0 Å². The van der Waals surface area contributed by atoms with Crippen molar-refractivity contribution in [3.05, 3.63) is 64.9 Å². The van der Waals surface area contributed by atoms with Gasteiger partial charge in [-0.05, 0) is 48.4 Å². The third-order valence-electron chi connectivity index (χ3n) is 4.81. The van der Waals surface area contributed by atoms with E-state index in [-0.39, 0.29) is 24.8 Å². The van der Waals surface area contributed by atoms with E-state index in [1.54, 1.807) is 43.3 Å². The molecule has 0 aromatic heterocycles. The predicted octanol–water partition coefficient (Wildman–Crippen LogP) is 3.07. The van der Waals surface area contributed by atoms with Crippen LogP contribution in [0.5, 0.6) is 0 Å². The van der Waals surface area contributed by atoms with Crippen LogP contribution in [0.4, 0.5) is 10.1 Å². The van der Waals surface area contributed by atoms with Crippen molar-refractivity contribution >= 4 is 35.0 Å². The Hall–Kier alpha value is -2.93. The minimum absolute atomic E-state index is 0.215. The van der Waals surface area contributed by atoms with Gasteiger partial charge in [-0.25, -0.2) is 4.39 Å². The van der Waals surface area contributed by atoms with Crippen LogP contribution >= 0.6 is 11.6 Å². The summed E-state index contributed by atoms with van der Waals surface area (Å²) in [5, 5.41) is 3.31. The summed E-state index contributed by atoms with van der Waals surface area (Å²) >= 11 is 5.85. The van der Waals surface area contributed by atoms with Gasteiger partial charge < -0.3 is 15.1 Å². The number of hydrogen-bond acceptors (Lipinski definition) is 3. The van der Waals surface area contributed by atoms with Gasteiger partial charge in [-0.1, -0.05) is 30.7 Å². The Morgan fingerprint density at radius 1 is 1.07 bits per heavy atom. The van der Waals surface area contributed by atoms with E-state index in [0.717, 1.165) is 5.56 Å². The lowest BCUT2D eigenvalue weighted by Crippen LogP contribution is -2.59. The molecular weight excluding hydrogens is 397 g/mol. The molecule has 0 radical (unpaired) electrons. The summed E-state index contributed by atoms with van der Waals surface area (Å²) in [4.78, 5) is 40.6. The molecule has 1 fully saturated rings. The molecule has 1 aliphatic heterocycles. The molecule has 0 spiro atoms. The predicted molar refractivity (Wildman–Crippen MR) is 108 cm³/mol. The standard InChI is InChI=1S/C21H21ClFN3O3/c1-2-18(19(27)24-17-9-5-15(22)6-10-17)26-12-11-25(20(28)21(26)29)13-14-3-7-16(23)8-4-14/h3-10,18H,2,11-13H2,1H3,(H,24,27)/t18-/m0/s1. The Labute approximate surface area is 173 Å². The average molecular weight is 418 g/mol. The van der Waals surface area contributed by atoms with Gasteiger partial charge in [-0.2, -0.15) is 0 Å².